The monoisotopic (exact) mass is 292 g/mol. The first-order chi connectivity index (χ1) is 8.20. The van der Waals surface area contributed by atoms with Crippen LogP contribution in [0, 0.1) is 0 Å². The normalized spacial score (nSPS) is 19.2. The molecule has 1 aromatic heterocycles. The number of carbonyl (C=O) groups is 1. The molecule has 3 nitrogen and oxygen atoms in total. The molecule has 88 valence electrons. The molecular formula is C13H13BrN2O. The topological polar surface area (TPSA) is 34.0 Å². The molecule has 0 saturated heterocycles. The molecular weight excluding hydrogens is 280 g/mol. The summed E-state index contributed by atoms with van der Waals surface area (Å²) in [6, 6.07) is 8.46. The van der Waals surface area contributed by atoms with Gasteiger partial charge in [-0.05, 0) is 24.6 Å². The third kappa shape index (κ3) is 1.59. The average molecular weight is 293 g/mol. The van der Waals surface area contributed by atoms with Gasteiger partial charge in [-0.3, -0.25) is 4.79 Å². The molecule has 1 atom stereocenters. The summed E-state index contributed by atoms with van der Waals surface area (Å²) in [7, 11) is 0. The van der Waals surface area contributed by atoms with Crippen LogP contribution in [0.4, 0.5) is 0 Å². The van der Waals surface area contributed by atoms with Crippen LogP contribution in [0.2, 0.25) is 0 Å². The quantitative estimate of drug-likeness (QED) is 0.861. The summed E-state index contributed by atoms with van der Waals surface area (Å²) in [6.07, 6.45) is 1.02. The summed E-state index contributed by atoms with van der Waals surface area (Å²) < 4.78 is 3.21. The van der Waals surface area contributed by atoms with Crippen molar-refractivity contribution in [3.05, 3.63) is 34.4 Å². The van der Waals surface area contributed by atoms with E-state index in [1.54, 1.807) is 0 Å². The molecule has 0 aliphatic carbocycles. The molecule has 3 rings (SSSR count). The highest BCUT2D eigenvalue weighted by molar-refractivity contribution is 9.10. The molecule has 2 aromatic rings. The number of carbonyl (C=O) groups excluding carboxylic acids is 1. The molecule has 1 aliphatic heterocycles. The standard InChI is InChI=1S/C13H13BrN2O/c1-2-10-7-15-13(17)12-5-8-3-4-9(14)6-11(8)16(10)12/h3-6,10H,2,7H2,1H3,(H,15,17). The number of fused-ring (bicyclic) bond motifs is 3. The maximum Gasteiger partial charge on any atom is 0.268 e. The molecule has 1 aliphatic rings. The Kier molecular flexibility index (Phi) is 2.47. The molecule has 2 heterocycles. The van der Waals surface area contributed by atoms with Gasteiger partial charge in [-0.1, -0.05) is 28.9 Å². The molecule has 0 fully saturated rings. The average Bonchev–Trinajstić information content (AvgIpc) is 2.70. The molecule has 17 heavy (non-hydrogen) atoms. The van der Waals surface area contributed by atoms with Gasteiger partial charge in [0.15, 0.2) is 0 Å². The molecule has 0 radical (unpaired) electrons. The van der Waals surface area contributed by atoms with Crippen LogP contribution in [0.25, 0.3) is 10.9 Å². The van der Waals surface area contributed by atoms with E-state index in [9.17, 15) is 4.79 Å². The minimum atomic E-state index is 0.0297. The van der Waals surface area contributed by atoms with Gasteiger partial charge >= 0.3 is 0 Å². The highest BCUT2D eigenvalue weighted by Gasteiger charge is 2.25. The van der Waals surface area contributed by atoms with Crippen LogP contribution in [0.3, 0.4) is 0 Å². The number of hydrogen-bond acceptors (Lipinski definition) is 1. The zero-order chi connectivity index (χ0) is 12.0. The zero-order valence-electron chi connectivity index (χ0n) is 9.53. The zero-order valence-corrected chi connectivity index (χ0v) is 11.1. The Labute approximate surface area is 108 Å². The second-order valence-corrected chi connectivity index (χ2v) is 5.29. The molecule has 4 heteroatoms. The lowest BCUT2D eigenvalue weighted by Gasteiger charge is -2.26. The number of hydrogen-bond donors (Lipinski definition) is 1. The molecule has 0 spiro atoms. The summed E-state index contributed by atoms with van der Waals surface area (Å²) in [5.74, 6) is 0.0297. The van der Waals surface area contributed by atoms with E-state index < -0.39 is 0 Å². The lowest BCUT2D eigenvalue weighted by molar-refractivity contribution is 0.0916. The maximum absolute atomic E-state index is 11.9. The van der Waals surface area contributed by atoms with Crippen molar-refractivity contribution in [3.8, 4) is 0 Å². The van der Waals surface area contributed by atoms with Crippen LogP contribution in [0.1, 0.15) is 29.9 Å². The Morgan fingerprint density at radius 2 is 2.29 bits per heavy atom. The predicted molar refractivity (Wildman–Crippen MR) is 71.3 cm³/mol. The summed E-state index contributed by atoms with van der Waals surface area (Å²) in [6.45, 7) is 2.87. The van der Waals surface area contributed by atoms with E-state index in [1.807, 2.05) is 18.2 Å². The molecule has 1 N–H and O–H groups in total. The van der Waals surface area contributed by atoms with Crippen LogP contribution in [-0.4, -0.2) is 17.0 Å². The van der Waals surface area contributed by atoms with Gasteiger partial charge in [0, 0.05) is 16.4 Å². The first-order valence-corrected chi connectivity index (χ1v) is 6.58. The SMILES string of the molecule is CCC1CNC(=O)c2cc3ccc(Br)cc3n21. The minimum absolute atomic E-state index is 0.0297. The van der Waals surface area contributed by atoms with E-state index in [0.29, 0.717) is 6.04 Å². The van der Waals surface area contributed by atoms with Gasteiger partial charge < -0.3 is 9.88 Å². The molecule has 0 saturated carbocycles. The van der Waals surface area contributed by atoms with Crippen molar-refractivity contribution in [2.75, 3.05) is 6.54 Å². The van der Waals surface area contributed by atoms with E-state index in [4.69, 9.17) is 0 Å². The predicted octanol–water partition coefficient (Wildman–Crippen LogP) is 3.10. The third-order valence-electron chi connectivity index (χ3n) is 3.37. The second kappa shape index (κ2) is 3.88. The first kappa shape index (κ1) is 10.8. The summed E-state index contributed by atoms with van der Waals surface area (Å²) >= 11 is 3.49. The molecule has 1 amide bonds. The summed E-state index contributed by atoms with van der Waals surface area (Å²) in [5, 5.41) is 4.07. The minimum Gasteiger partial charge on any atom is -0.349 e. The largest absolute Gasteiger partial charge is 0.349 e. The van der Waals surface area contributed by atoms with Crippen molar-refractivity contribution >= 4 is 32.7 Å². The summed E-state index contributed by atoms with van der Waals surface area (Å²) in [5.41, 5.74) is 1.91. The number of rotatable bonds is 1. The van der Waals surface area contributed by atoms with Crippen LogP contribution >= 0.6 is 15.9 Å². The lowest BCUT2D eigenvalue weighted by atomic mass is 10.1. The molecule has 0 bridgehead atoms. The smallest absolute Gasteiger partial charge is 0.268 e. The summed E-state index contributed by atoms with van der Waals surface area (Å²) in [4.78, 5) is 11.9. The Morgan fingerprint density at radius 1 is 1.47 bits per heavy atom. The third-order valence-corrected chi connectivity index (χ3v) is 3.86. The number of aromatic nitrogens is 1. The van der Waals surface area contributed by atoms with Gasteiger partial charge in [0.1, 0.15) is 5.69 Å². The number of nitrogens with zero attached hydrogens (tertiary/aromatic N) is 1. The Balaban J connectivity index is 2.33. The van der Waals surface area contributed by atoms with Crippen LogP contribution in [-0.2, 0) is 0 Å². The Morgan fingerprint density at radius 3 is 3.06 bits per heavy atom. The van der Waals surface area contributed by atoms with E-state index in [1.165, 1.54) is 0 Å². The van der Waals surface area contributed by atoms with Gasteiger partial charge in [-0.25, -0.2) is 0 Å². The number of benzene rings is 1. The fraction of sp³-hybridized carbons (Fsp3) is 0.308. The van der Waals surface area contributed by atoms with Crippen molar-refractivity contribution in [1.82, 2.24) is 9.88 Å². The van der Waals surface area contributed by atoms with E-state index in [2.05, 4.69) is 38.8 Å². The molecule has 1 aromatic carbocycles. The number of halogens is 1. The van der Waals surface area contributed by atoms with Gasteiger partial charge in [0.25, 0.3) is 5.91 Å². The van der Waals surface area contributed by atoms with Gasteiger partial charge in [-0.2, -0.15) is 0 Å². The lowest BCUT2D eigenvalue weighted by Crippen LogP contribution is -2.38. The Bertz CT molecular complexity index is 603. The number of nitrogens with one attached hydrogen (secondary N) is 1. The maximum atomic E-state index is 11.9. The van der Waals surface area contributed by atoms with Crippen molar-refractivity contribution in [2.45, 2.75) is 19.4 Å². The van der Waals surface area contributed by atoms with E-state index >= 15 is 0 Å². The van der Waals surface area contributed by atoms with Crippen molar-refractivity contribution in [3.63, 3.8) is 0 Å². The van der Waals surface area contributed by atoms with Gasteiger partial charge in [-0.15, -0.1) is 0 Å². The highest BCUT2D eigenvalue weighted by Crippen LogP contribution is 2.30. The van der Waals surface area contributed by atoms with Crippen molar-refractivity contribution < 1.29 is 4.79 Å². The molecule has 1 unspecified atom stereocenters. The number of amides is 1. The van der Waals surface area contributed by atoms with Crippen LogP contribution < -0.4 is 5.32 Å². The Hall–Kier alpha value is -1.29. The fourth-order valence-electron chi connectivity index (χ4n) is 2.48. The van der Waals surface area contributed by atoms with Crippen LogP contribution in [0.15, 0.2) is 28.7 Å². The van der Waals surface area contributed by atoms with Crippen molar-refractivity contribution in [1.29, 1.82) is 0 Å². The second-order valence-electron chi connectivity index (χ2n) is 4.37. The van der Waals surface area contributed by atoms with E-state index in [-0.39, 0.29) is 5.91 Å². The first-order valence-electron chi connectivity index (χ1n) is 5.79. The van der Waals surface area contributed by atoms with E-state index in [0.717, 1.165) is 34.0 Å². The van der Waals surface area contributed by atoms with Crippen LogP contribution in [0.5, 0.6) is 0 Å². The fourth-order valence-corrected chi connectivity index (χ4v) is 2.83. The van der Waals surface area contributed by atoms with Gasteiger partial charge in [0.2, 0.25) is 0 Å². The van der Waals surface area contributed by atoms with Crippen molar-refractivity contribution in [2.24, 2.45) is 0 Å². The highest BCUT2D eigenvalue weighted by atomic mass is 79.9. The van der Waals surface area contributed by atoms with Gasteiger partial charge in [0.05, 0.1) is 11.6 Å².